The Morgan fingerprint density at radius 2 is 1.83 bits per heavy atom. The van der Waals surface area contributed by atoms with E-state index in [9.17, 15) is 4.79 Å². The average Bonchev–Trinajstić information content (AvgIpc) is 2.92. The Labute approximate surface area is 151 Å². The number of carbonyl (C=O) groups excluding carboxylic acids is 1. The quantitative estimate of drug-likeness (QED) is 0.813. The maximum Gasteiger partial charge on any atom is 0.275 e. The van der Waals surface area contributed by atoms with Gasteiger partial charge in [-0.1, -0.05) is 29.3 Å². The molecule has 128 valence electrons. The highest BCUT2D eigenvalue weighted by atomic mass is 35.5. The van der Waals surface area contributed by atoms with Crippen LogP contribution in [-0.4, -0.2) is 45.9 Å². The zero-order valence-corrected chi connectivity index (χ0v) is 15.3. The fourth-order valence-corrected chi connectivity index (χ4v) is 3.33. The first-order valence-electron chi connectivity index (χ1n) is 7.78. The van der Waals surface area contributed by atoms with Gasteiger partial charge in [0.2, 0.25) is 0 Å². The molecule has 0 radical (unpaired) electrons. The highest BCUT2D eigenvalue weighted by Gasteiger charge is 2.32. The van der Waals surface area contributed by atoms with E-state index in [0.717, 1.165) is 11.3 Å². The van der Waals surface area contributed by atoms with Gasteiger partial charge in [-0.05, 0) is 32.0 Å². The van der Waals surface area contributed by atoms with Crippen molar-refractivity contribution in [2.24, 2.45) is 7.05 Å². The van der Waals surface area contributed by atoms with Gasteiger partial charge in [-0.15, -0.1) is 0 Å². The van der Waals surface area contributed by atoms with E-state index < -0.39 is 0 Å². The van der Waals surface area contributed by atoms with Gasteiger partial charge in [0.25, 0.3) is 5.91 Å². The van der Waals surface area contributed by atoms with Crippen molar-refractivity contribution in [3.05, 3.63) is 40.0 Å². The second-order valence-corrected chi connectivity index (χ2v) is 6.93. The van der Waals surface area contributed by atoms with E-state index in [1.165, 1.54) is 0 Å². The van der Waals surface area contributed by atoms with Crippen molar-refractivity contribution in [3.63, 3.8) is 0 Å². The molecule has 24 heavy (non-hydrogen) atoms. The third-order valence-electron chi connectivity index (χ3n) is 4.22. The van der Waals surface area contributed by atoms with Gasteiger partial charge in [0.15, 0.2) is 5.69 Å². The maximum absolute atomic E-state index is 12.9. The van der Waals surface area contributed by atoms with Gasteiger partial charge in [-0.25, -0.2) is 0 Å². The van der Waals surface area contributed by atoms with Crippen LogP contribution in [0.2, 0.25) is 10.0 Å². The number of aryl methyl sites for hydroxylation is 1. The minimum atomic E-state index is -0.0831. The molecule has 1 aromatic heterocycles. The van der Waals surface area contributed by atoms with Gasteiger partial charge < -0.3 is 9.64 Å². The van der Waals surface area contributed by atoms with Crippen LogP contribution in [0.4, 0.5) is 0 Å². The first kappa shape index (κ1) is 17.3. The number of hydrogen-bond acceptors (Lipinski definition) is 3. The van der Waals surface area contributed by atoms with Crippen LogP contribution < -0.4 is 0 Å². The van der Waals surface area contributed by atoms with Crippen LogP contribution in [-0.2, 0) is 11.8 Å². The van der Waals surface area contributed by atoms with Crippen LogP contribution in [0.5, 0.6) is 0 Å². The maximum atomic E-state index is 12.9. The zero-order valence-electron chi connectivity index (χ0n) is 13.8. The number of amides is 1. The van der Waals surface area contributed by atoms with E-state index in [0.29, 0.717) is 29.0 Å². The average molecular weight is 368 g/mol. The number of carbonyl (C=O) groups is 1. The van der Waals surface area contributed by atoms with Gasteiger partial charge in [-0.3, -0.25) is 9.48 Å². The first-order valence-corrected chi connectivity index (χ1v) is 8.54. The highest BCUT2D eigenvalue weighted by Crippen LogP contribution is 2.29. The fourth-order valence-electron chi connectivity index (χ4n) is 3.03. The largest absolute Gasteiger partial charge is 0.377 e. The number of hydrogen-bond donors (Lipinski definition) is 0. The van der Waals surface area contributed by atoms with Gasteiger partial charge in [0.1, 0.15) is 0 Å². The Hall–Kier alpha value is -1.56. The van der Waals surface area contributed by atoms with E-state index in [2.05, 4.69) is 5.10 Å². The van der Waals surface area contributed by atoms with E-state index in [1.807, 2.05) is 24.8 Å². The molecule has 2 atom stereocenters. The summed E-state index contributed by atoms with van der Waals surface area (Å²) >= 11 is 12.1. The third kappa shape index (κ3) is 3.16. The Morgan fingerprint density at radius 3 is 2.46 bits per heavy atom. The SMILES string of the molecule is CC1COCC(C)N1C(=O)c1cc(-c2ccc(Cl)c(Cl)c2)n(C)n1. The molecule has 5 nitrogen and oxygen atoms in total. The van der Waals surface area contributed by atoms with Crippen LogP contribution in [0.3, 0.4) is 0 Å². The van der Waals surface area contributed by atoms with E-state index in [1.54, 1.807) is 29.9 Å². The summed E-state index contributed by atoms with van der Waals surface area (Å²) in [4.78, 5) is 14.7. The molecular formula is C17H19Cl2N3O2. The standard InChI is InChI=1S/C17H19Cl2N3O2/c1-10-8-24-9-11(2)22(10)17(23)15-7-16(21(3)20-15)12-4-5-13(18)14(19)6-12/h4-7,10-11H,8-9H2,1-3H3. The number of aromatic nitrogens is 2. The third-order valence-corrected chi connectivity index (χ3v) is 4.96. The lowest BCUT2D eigenvalue weighted by Crippen LogP contribution is -2.52. The molecule has 7 heteroatoms. The molecular weight excluding hydrogens is 349 g/mol. The number of halogens is 2. The summed E-state index contributed by atoms with van der Waals surface area (Å²) < 4.78 is 7.17. The van der Waals surface area contributed by atoms with Crippen LogP contribution in [0, 0.1) is 0 Å². The van der Waals surface area contributed by atoms with Gasteiger partial charge in [0, 0.05) is 12.6 Å². The normalized spacial score (nSPS) is 21.1. The van der Waals surface area contributed by atoms with Crippen molar-refractivity contribution in [1.82, 2.24) is 14.7 Å². The molecule has 1 amide bonds. The van der Waals surface area contributed by atoms with Crippen molar-refractivity contribution < 1.29 is 9.53 Å². The van der Waals surface area contributed by atoms with Gasteiger partial charge in [-0.2, -0.15) is 5.10 Å². The van der Waals surface area contributed by atoms with Crippen molar-refractivity contribution in [3.8, 4) is 11.3 Å². The van der Waals surface area contributed by atoms with E-state index >= 15 is 0 Å². The Kier molecular flexibility index (Phi) is 4.85. The summed E-state index contributed by atoms with van der Waals surface area (Å²) in [7, 11) is 1.81. The molecule has 1 saturated heterocycles. The van der Waals surface area contributed by atoms with Crippen molar-refractivity contribution in [2.45, 2.75) is 25.9 Å². The molecule has 0 bridgehead atoms. The molecule has 0 aliphatic carbocycles. The van der Waals surface area contributed by atoms with E-state index in [4.69, 9.17) is 27.9 Å². The summed E-state index contributed by atoms with van der Waals surface area (Å²) in [5.74, 6) is -0.0831. The molecule has 1 aliphatic heterocycles. The lowest BCUT2D eigenvalue weighted by atomic mass is 10.1. The lowest BCUT2D eigenvalue weighted by molar-refractivity contribution is -0.0252. The van der Waals surface area contributed by atoms with Crippen LogP contribution >= 0.6 is 23.2 Å². The number of ether oxygens (including phenoxy) is 1. The number of rotatable bonds is 2. The van der Waals surface area contributed by atoms with Crippen molar-refractivity contribution in [1.29, 1.82) is 0 Å². The molecule has 0 spiro atoms. The van der Waals surface area contributed by atoms with Gasteiger partial charge in [0.05, 0.1) is 41.0 Å². The van der Waals surface area contributed by atoms with Crippen LogP contribution in [0.1, 0.15) is 24.3 Å². The second kappa shape index (κ2) is 6.75. The Balaban J connectivity index is 1.93. The summed E-state index contributed by atoms with van der Waals surface area (Å²) in [6.45, 7) is 5.05. The van der Waals surface area contributed by atoms with Crippen molar-refractivity contribution in [2.75, 3.05) is 13.2 Å². The van der Waals surface area contributed by atoms with Gasteiger partial charge >= 0.3 is 0 Å². The number of morpholine rings is 1. The Morgan fingerprint density at radius 1 is 1.17 bits per heavy atom. The monoisotopic (exact) mass is 367 g/mol. The summed E-state index contributed by atoms with van der Waals surface area (Å²) in [5, 5.41) is 5.36. The predicted octanol–water partition coefficient (Wildman–Crippen LogP) is 3.64. The molecule has 3 rings (SSSR count). The number of benzene rings is 1. The first-order chi connectivity index (χ1) is 11.4. The molecule has 1 fully saturated rings. The van der Waals surface area contributed by atoms with E-state index in [-0.39, 0.29) is 18.0 Å². The predicted molar refractivity (Wildman–Crippen MR) is 94.6 cm³/mol. The summed E-state index contributed by atoms with van der Waals surface area (Å²) in [5.41, 5.74) is 2.09. The smallest absolute Gasteiger partial charge is 0.275 e. The summed E-state index contributed by atoms with van der Waals surface area (Å²) in [6, 6.07) is 7.21. The second-order valence-electron chi connectivity index (χ2n) is 6.12. The minimum absolute atomic E-state index is 0.0247. The van der Waals surface area contributed by atoms with Crippen LogP contribution in [0.15, 0.2) is 24.3 Å². The molecule has 2 heterocycles. The highest BCUT2D eigenvalue weighted by molar-refractivity contribution is 6.42. The molecule has 2 unspecified atom stereocenters. The Bertz CT molecular complexity index is 765. The van der Waals surface area contributed by atoms with Crippen LogP contribution in [0.25, 0.3) is 11.3 Å². The molecule has 2 aromatic rings. The molecule has 1 aromatic carbocycles. The lowest BCUT2D eigenvalue weighted by Gasteiger charge is -2.38. The minimum Gasteiger partial charge on any atom is -0.377 e. The van der Waals surface area contributed by atoms with Crippen molar-refractivity contribution >= 4 is 29.1 Å². The number of nitrogens with zero attached hydrogens (tertiary/aromatic N) is 3. The topological polar surface area (TPSA) is 47.4 Å². The summed E-state index contributed by atoms with van der Waals surface area (Å²) in [6.07, 6.45) is 0. The molecule has 0 N–H and O–H groups in total. The fraction of sp³-hybridized carbons (Fsp3) is 0.412. The molecule has 0 saturated carbocycles. The zero-order chi connectivity index (χ0) is 17.4. The molecule has 1 aliphatic rings.